The third-order valence-electron chi connectivity index (χ3n) is 10.9. The summed E-state index contributed by atoms with van der Waals surface area (Å²) in [5.41, 5.74) is 1.44. The second kappa shape index (κ2) is 15.8. The molecular formula is C38H70BNO7Si2. The van der Waals surface area contributed by atoms with Crippen LogP contribution in [0.4, 0.5) is 4.79 Å². The topological polar surface area (TPSA) is 92.3 Å². The Bertz CT molecular complexity index is 1230. The number of alkyl carbamates (subject to hydrolysis) is 1. The van der Waals surface area contributed by atoms with Crippen LogP contribution in [0.15, 0.2) is 18.2 Å². The van der Waals surface area contributed by atoms with Crippen molar-refractivity contribution < 1.29 is 32.5 Å². The van der Waals surface area contributed by atoms with E-state index in [1.165, 1.54) is 0 Å². The van der Waals surface area contributed by atoms with Gasteiger partial charge in [-0.2, -0.15) is 0 Å². The van der Waals surface area contributed by atoms with Crippen LogP contribution in [-0.2, 0) is 29.7 Å². The van der Waals surface area contributed by atoms with E-state index >= 15 is 0 Å². The number of benzene rings is 1. The number of nitrogens with one attached hydrogen (secondary N) is 1. The van der Waals surface area contributed by atoms with Crippen LogP contribution in [0, 0.1) is 0 Å². The molecule has 1 amide bonds. The summed E-state index contributed by atoms with van der Waals surface area (Å²) < 4.78 is 32.5. The summed E-state index contributed by atoms with van der Waals surface area (Å²) >= 11 is 0. The molecule has 1 aromatic carbocycles. The second-order valence-corrected chi connectivity index (χ2v) is 28.8. The normalized spacial score (nSPS) is 17.4. The number of hydrogen-bond donors (Lipinski definition) is 1. The van der Waals surface area contributed by atoms with Gasteiger partial charge in [0.25, 0.3) is 16.6 Å². The number of rotatable bonds is 14. The van der Waals surface area contributed by atoms with Crippen LogP contribution in [0.3, 0.4) is 0 Å². The van der Waals surface area contributed by atoms with E-state index in [1.807, 2.05) is 45.9 Å². The van der Waals surface area contributed by atoms with Gasteiger partial charge in [-0.25, -0.2) is 4.79 Å². The Labute approximate surface area is 301 Å². The Morgan fingerprint density at radius 2 is 1.16 bits per heavy atom. The summed E-state index contributed by atoms with van der Waals surface area (Å²) in [7, 11) is -5.60. The molecule has 2 rings (SSSR count). The van der Waals surface area contributed by atoms with Crippen molar-refractivity contribution in [3.63, 3.8) is 0 Å². The van der Waals surface area contributed by atoms with Crippen LogP contribution in [-0.4, -0.2) is 58.7 Å². The van der Waals surface area contributed by atoms with Crippen molar-refractivity contribution in [1.82, 2.24) is 5.32 Å². The zero-order valence-electron chi connectivity index (χ0n) is 34.4. The highest BCUT2D eigenvalue weighted by Gasteiger charge is 2.53. The zero-order valence-corrected chi connectivity index (χ0v) is 36.4. The fourth-order valence-electron chi connectivity index (χ4n) is 8.01. The quantitative estimate of drug-likeness (QED) is 0.192. The maximum atomic E-state index is 14.3. The van der Waals surface area contributed by atoms with Crippen molar-refractivity contribution in [2.45, 2.75) is 194 Å². The lowest BCUT2D eigenvalue weighted by molar-refractivity contribution is -0.138. The highest BCUT2D eigenvalue weighted by Crippen LogP contribution is 2.44. The van der Waals surface area contributed by atoms with Gasteiger partial charge >= 0.3 is 19.2 Å². The lowest BCUT2D eigenvalue weighted by atomic mass is 9.78. The average molecular weight is 720 g/mol. The van der Waals surface area contributed by atoms with E-state index < -0.39 is 58.7 Å². The summed E-state index contributed by atoms with van der Waals surface area (Å²) in [5, 5.41) is 2.89. The highest BCUT2D eigenvalue weighted by atomic mass is 28.4. The Balaban J connectivity index is 2.76. The molecule has 1 aromatic rings. The molecule has 0 saturated carbocycles. The number of ether oxygens (including phenoxy) is 1. The standard InChI is InChI=1S/C38H70BNO7Si2/c1-24(2)48(25(3)4,26(5)6)44-32-21-30(20-31(23-32)39-46-37(16,17)38(18,19)47-39)22-33(40-35(42)43-36(13,14)15)34(41)45-49(27(7)8,28(9)10)29(11)12/h20-21,23-29,33H,22H2,1-19H3,(H,40,42). The molecule has 49 heavy (non-hydrogen) atoms. The second-order valence-electron chi connectivity index (χ2n) is 18.1. The number of carbonyl (C=O) groups is 2. The van der Waals surface area contributed by atoms with Crippen LogP contribution in [0.1, 0.15) is 137 Å². The van der Waals surface area contributed by atoms with Gasteiger partial charge in [-0.05, 0) is 105 Å². The van der Waals surface area contributed by atoms with Crippen LogP contribution in [0.2, 0.25) is 33.2 Å². The molecule has 0 aromatic heterocycles. The minimum absolute atomic E-state index is 0.181. The minimum atomic E-state index is -2.61. The largest absolute Gasteiger partial charge is 0.543 e. The fraction of sp³-hybridized carbons (Fsp3) is 0.789. The molecule has 11 heteroatoms. The van der Waals surface area contributed by atoms with Crippen molar-refractivity contribution in [2.24, 2.45) is 0 Å². The third-order valence-corrected chi connectivity index (χ3v) is 22.9. The summed E-state index contributed by atoms with van der Waals surface area (Å²) in [6.45, 7) is 40.0. The first-order chi connectivity index (χ1) is 22.1. The summed E-state index contributed by atoms with van der Waals surface area (Å²) in [4.78, 5) is 27.6. The predicted molar refractivity (Wildman–Crippen MR) is 208 cm³/mol. The monoisotopic (exact) mass is 719 g/mol. The molecule has 1 aliphatic heterocycles. The number of amides is 1. The molecule has 0 bridgehead atoms. The average Bonchev–Trinajstić information content (AvgIpc) is 3.13. The van der Waals surface area contributed by atoms with Crippen molar-refractivity contribution in [2.75, 3.05) is 0 Å². The van der Waals surface area contributed by atoms with Gasteiger partial charge in [-0.3, -0.25) is 4.79 Å². The van der Waals surface area contributed by atoms with E-state index in [1.54, 1.807) is 20.8 Å². The van der Waals surface area contributed by atoms with Gasteiger partial charge < -0.3 is 28.2 Å². The van der Waals surface area contributed by atoms with Gasteiger partial charge in [0.2, 0.25) is 0 Å². The van der Waals surface area contributed by atoms with E-state index in [2.05, 4.69) is 88.4 Å². The van der Waals surface area contributed by atoms with Crippen LogP contribution < -0.4 is 15.2 Å². The van der Waals surface area contributed by atoms with Crippen LogP contribution in [0.25, 0.3) is 0 Å². The Morgan fingerprint density at radius 3 is 1.55 bits per heavy atom. The Hall–Kier alpha value is -1.82. The first kappa shape index (κ1) is 43.3. The lowest BCUT2D eigenvalue weighted by Gasteiger charge is -2.42. The SMILES string of the molecule is CC(C)[Si](OC(=O)C(Cc1cc(O[Si](C(C)C)(C(C)C)C(C)C)cc(B2OC(C)(C)C(C)(C)O2)c1)NC(=O)OC(C)(C)C)(C(C)C)C(C)C. The van der Waals surface area contributed by atoms with E-state index in [0.717, 1.165) is 16.8 Å². The van der Waals surface area contributed by atoms with Gasteiger partial charge in [0.15, 0.2) is 0 Å². The maximum absolute atomic E-state index is 14.3. The molecule has 1 heterocycles. The summed E-state index contributed by atoms with van der Waals surface area (Å²) in [6.07, 6.45) is -0.482. The van der Waals surface area contributed by atoms with Crippen molar-refractivity contribution >= 4 is 41.3 Å². The van der Waals surface area contributed by atoms with E-state index in [0.29, 0.717) is 16.6 Å². The van der Waals surface area contributed by atoms with Gasteiger partial charge in [0, 0.05) is 6.42 Å². The van der Waals surface area contributed by atoms with Crippen LogP contribution in [0.5, 0.6) is 5.75 Å². The highest BCUT2D eigenvalue weighted by molar-refractivity contribution is 6.79. The molecule has 8 nitrogen and oxygen atoms in total. The molecule has 1 unspecified atom stereocenters. The maximum Gasteiger partial charge on any atom is 0.494 e. The Kier molecular flexibility index (Phi) is 14.0. The summed E-state index contributed by atoms with van der Waals surface area (Å²) in [5.74, 6) is 0.289. The smallest absolute Gasteiger partial charge is 0.494 e. The number of carbonyl (C=O) groups excluding carboxylic acids is 2. The van der Waals surface area contributed by atoms with Gasteiger partial charge in [-0.15, -0.1) is 0 Å². The third kappa shape index (κ3) is 9.74. The molecule has 1 aliphatic rings. The first-order valence-electron chi connectivity index (χ1n) is 18.5. The van der Waals surface area contributed by atoms with E-state index in [9.17, 15) is 9.59 Å². The van der Waals surface area contributed by atoms with Gasteiger partial charge in [-0.1, -0.05) is 89.2 Å². The molecular weight excluding hydrogens is 649 g/mol. The molecule has 1 atom stereocenters. The molecule has 0 spiro atoms. The van der Waals surface area contributed by atoms with E-state index in [-0.39, 0.29) is 23.0 Å². The Morgan fingerprint density at radius 1 is 0.735 bits per heavy atom. The molecule has 280 valence electrons. The van der Waals surface area contributed by atoms with Crippen molar-refractivity contribution in [1.29, 1.82) is 0 Å². The van der Waals surface area contributed by atoms with Gasteiger partial charge in [0.1, 0.15) is 17.4 Å². The first-order valence-corrected chi connectivity index (χ1v) is 22.8. The van der Waals surface area contributed by atoms with Crippen molar-refractivity contribution in [3.05, 3.63) is 23.8 Å². The molecule has 1 fully saturated rings. The van der Waals surface area contributed by atoms with E-state index in [4.69, 9.17) is 22.9 Å². The molecule has 0 radical (unpaired) electrons. The van der Waals surface area contributed by atoms with Crippen molar-refractivity contribution in [3.8, 4) is 5.75 Å². The fourth-order valence-corrected chi connectivity index (χ4v) is 18.4. The zero-order chi connectivity index (χ0) is 38.1. The van der Waals surface area contributed by atoms with Crippen LogP contribution >= 0.6 is 0 Å². The molecule has 1 saturated heterocycles. The van der Waals surface area contributed by atoms with Gasteiger partial charge in [0.05, 0.1) is 11.2 Å². The number of hydrogen-bond acceptors (Lipinski definition) is 7. The molecule has 0 aliphatic carbocycles. The predicted octanol–water partition coefficient (Wildman–Crippen LogP) is 9.69. The summed E-state index contributed by atoms with van der Waals surface area (Å²) in [6, 6.07) is 5.07. The molecule has 1 N–H and O–H groups in total. The minimum Gasteiger partial charge on any atom is -0.543 e. The lowest BCUT2D eigenvalue weighted by Crippen LogP contribution is -2.54.